The molecule has 610 valence electrons. The van der Waals surface area contributed by atoms with Gasteiger partial charge in [0.2, 0.25) is 0 Å². The predicted octanol–water partition coefficient (Wildman–Crippen LogP) is 29.3. The van der Waals surface area contributed by atoms with Crippen molar-refractivity contribution in [1.29, 1.82) is 0 Å². The summed E-state index contributed by atoms with van der Waals surface area (Å²) in [7, 11) is 0. The summed E-state index contributed by atoms with van der Waals surface area (Å²) in [6.07, 6.45) is -23.3. The number of nitrogens with zero attached hydrogens (tertiary/aromatic N) is 4. The van der Waals surface area contributed by atoms with E-state index < -0.39 is 69.6 Å². The first-order chi connectivity index (χ1) is 52.8. The maximum atomic E-state index is 14.9. The van der Waals surface area contributed by atoms with Crippen LogP contribution in [0.3, 0.4) is 0 Å². The Hall–Kier alpha value is -9.79. The summed E-state index contributed by atoms with van der Waals surface area (Å²) in [6.45, 7) is 29.2. The van der Waals surface area contributed by atoms with Gasteiger partial charge in [-0.2, -0.15) is 65.9 Å². The predicted molar refractivity (Wildman–Crippen MR) is 429 cm³/mol. The number of fused-ring (bicyclic) bond motifs is 4. The average Bonchev–Trinajstić information content (AvgIpc) is 0.792. The molecule has 21 heteroatoms. The van der Waals surface area contributed by atoms with E-state index in [0.717, 1.165) is 139 Å². The first kappa shape index (κ1) is 89.1. The molecule has 0 unspecified atom stereocenters. The molecule has 0 bridgehead atoms. The van der Waals surface area contributed by atoms with Gasteiger partial charge in [-0.15, -0.1) is 0 Å². The lowest BCUT2D eigenvalue weighted by Crippen LogP contribution is -2.35. The summed E-state index contributed by atoms with van der Waals surface area (Å²) in [5, 5.41) is 1.87. The highest BCUT2D eigenvalue weighted by Gasteiger charge is 2.51. The summed E-state index contributed by atoms with van der Waals surface area (Å²) < 4.78 is 231. The molecule has 4 aromatic heterocycles. The number of rotatable bonds is 14. The second-order valence-corrected chi connectivity index (χ2v) is 34.1. The van der Waals surface area contributed by atoms with Crippen molar-refractivity contribution in [2.75, 3.05) is 0 Å². The number of alkyl halides is 15. The van der Waals surface area contributed by atoms with Crippen LogP contribution in [0.15, 0.2) is 170 Å². The summed E-state index contributed by atoms with van der Waals surface area (Å²) in [4.78, 5) is 18.5. The van der Waals surface area contributed by atoms with Gasteiger partial charge in [0.1, 0.15) is 11.6 Å². The molecule has 0 aliphatic heterocycles. The van der Waals surface area contributed by atoms with Crippen molar-refractivity contribution in [3.05, 3.63) is 259 Å². The van der Waals surface area contributed by atoms with E-state index in [4.69, 9.17) is 4.98 Å². The SMILES string of the molecule is Cc1cc(C)cc(-c2cc(CC(C)(C)C(F)(F)F)c3cc(F)ccc3n2)c1.Cc1cc(C)cc(-c2cc(CC(C)(C)C(F)(F)F)c3ccc(C)cc3n2)c1.Cc1cc(C)cc(-c2cc(F)c3c(CC(C)(C)C(F)(F)F)cccc3n2)c1.Cc1cc(C)cc(-c2ccc3c(CC(C)(C)C(F)(F)F)cc(CC(C)(C)C(F)(F)F)cc3n2)c1. The second-order valence-electron chi connectivity index (χ2n) is 34.1. The molecule has 0 spiro atoms. The van der Waals surface area contributed by atoms with E-state index in [0.29, 0.717) is 77.9 Å². The zero-order chi connectivity index (χ0) is 85.6. The van der Waals surface area contributed by atoms with Crippen LogP contribution < -0.4 is 0 Å². The lowest BCUT2D eigenvalue weighted by atomic mass is 9.81. The molecular weight excluding hydrogens is 1510 g/mol. The van der Waals surface area contributed by atoms with Crippen molar-refractivity contribution < 1.29 is 74.6 Å². The van der Waals surface area contributed by atoms with E-state index in [1.807, 2.05) is 153 Å². The standard InChI is InChI=1S/C27H29F6N.C23H24F3N.2C22H21F4N/c1-16-9-17(2)11-19(10-16)22-8-7-21-20(15-25(5,6)27(31,32)33)12-18(13-23(21)34-22)14-24(3,4)26(28,29)30;1-14-6-7-19-18(13-22(4,5)23(24,25)26)12-20(27-21(19)11-14)17-9-15(2)8-16(3)10-17;1-13-7-14(2)9-15(8-13)20-10-16(12-21(3,4)22(24,25)26)18-11-17(23)5-6-19(18)27-20;1-13-8-14(2)10-16(9-13)19-11-17(23)20-15(6-5-7-18(20)27-19)12-21(3,4)22(24,25)26/h7-13H,14-15H2,1-6H3;6-12H,13H2,1-5H3;2*5-11H,12H2,1-4H3. The maximum absolute atomic E-state index is 14.9. The van der Waals surface area contributed by atoms with Gasteiger partial charge < -0.3 is 0 Å². The highest BCUT2D eigenvalue weighted by Crippen LogP contribution is 2.48. The van der Waals surface area contributed by atoms with E-state index in [-0.39, 0.29) is 37.5 Å². The fourth-order valence-electron chi connectivity index (χ4n) is 14.1. The molecule has 0 aliphatic rings. The van der Waals surface area contributed by atoms with Crippen LogP contribution in [0, 0.1) is 101 Å². The van der Waals surface area contributed by atoms with Crippen molar-refractivity contribution in [1.82, 2.24) is 19.9 Å². The minimum absolute atomic E-state index is 0.0869. The molecule has 0 saturated carbocycles. The van der Waals surface area contributed by atoms with Gasteiger partial charge in [-0.05, 0) is 231 Å². The number of aryl methyl sites for hydroxylation is 9. The van der Waals surface area contributed by atoms with Gasteiger partial charge in [-0.25, -0.2) is 28.7 Å². The Balaban J connectivity index is 0.000000176. The number of halogens is 17. The van der Waals surface area contributed by atoms with Crippen LogP contribution in [0.4, 0.5) is 74.6 Å². The van der Waals surface area contributed by atoms with Crippen molar-refractivity contribution >= 4 is 43.6 Å². The number of hydrogen-bond acceptors (Lipinski definition) is 4. The highest BCUT2D eigenvalue weighted by molar-refractivity contribution is 5.89. The van der Waals surface area contributed by atoms with E-state index in [1.165, 1.54) is 50.2 Å². The molecule has 0 saturated heterocycles. The Morgan fingerprint density at radius 1 is 0.243 bits per heavy atom. The quantitative estimate of drug-likeness (QED) is 0.102. The molecule has 8 aromatic carbocycles. The number of aromatic nitrogens is 4. The van der Waals surface area contributed by atoms with Gasteiger partial charge in [-0.3, -0.25) is 0 Å². The van der Waals surface area contributed by atoms with E-state index in [9.17, 15) is 74.6 Å². The Morgan fingerprint density at radius 2 is 0.565 bits per heavy atom. The molecule has 0 N–H and O–H groups in total. The lowest BCUT2D eigenvalue weighted by Gasteiger charge is -2.30. The molecule has 0 atom stereocenters. The number of benzene rings is 8. The molecule has 12 rings (SSSR count). The normalized spacial score (nSPS) is 12.9. The van der Waals surface area contributed by atoms with Crippen LogP contribution >= 0.6 is 0 Å². The van der Waals surface area contributed by atoms with Crippen LogP contribution in [-0.4, -0.2) is 50.8 Å². The minimum Gasteiger partial charge on any atom is -0.248 e. The molecule has 115 heavy (non-hydrogen) atoms. The maximum Gasteiger partial charge on any atom is 0.394 e. The monoisotopic (exact) mass is 1600 g/mol. The number of hydrogen-bond donors (Lipinski definition) is 0. The van der Waals surface area contributed by atoms with Crippen LogP contribution in [0.1, 0.15) is 147 Å². The largest absolute Gasteiger partial charge is 0.394 e. The Kier molecular flexibility index (Phi) is 25.6. The molecule has 0 radical (unpaired) electrons. The smallest absolute Gasteiger partial charge is 0.248 e. The molecular formula is C94H95F17N4. The fourth-order valence-corrected chi connectivity index (χ4v) is 14.1. The van der Waals surface area contributed by atoms with Gasteiger partial charge in [0.15, 0.2) is 0 Å². The van der Waals surface area contributed by atoms with Crippen molar-refractivity contribution in [2.24, 2.45) is 27.1 Å². The zero-order valence-corrected chi connectivity index (χ0v) is 67.9. The van der Waals surface area contributed by atoms with Crippen LogP contribution in [0.25, 0.3) is 88.6 Å². The van der Waals surface area contributed by atoms with Crippen molar-refractivity contribution in [2.45, 2.75) is 195 Å². The van der Waals surface area contributed by atoms with Crippen molar-refractivity contribution in [3.8, 4) is 45.0 Å². The third-order valence-corrected chi connectivity index (χ3v) is 20.8. The fraction of sp³-hybridized carbons (Fsp3) is 0.362. The first-order valence-corrected chi connectivity index (χ1v) is 37.5. The lowest BCUT2D eigenvalue weighted by molar-refractivity contribution is -0.211. The first-order valence-electron chi connectivity index (χ1n) is 37.5. The summed E-state index contributed by atoms with van der Waals surface area (Å²) >= 11 is 0. The Morgan fingerprint density at radius 3 is 0.974 bits per heavy atom. The average molecular weight is 1600 g/mol. The molecule has 4 heterocycles. The third kappa shape index (κ3) is 21.5. The van der Waals surface area contributed by atoms with Gasteiger partial charge in [-0.1, -0.05) is 174 Å². The third-order valence-electron chi connectivity index (χ3n) is 20.8. The van der Waals surface area contributed by atoms with Gasteiger partial charge in [0, 0.05) is 49.9 Å². The Bertz CT molecular complexity index is 5500. The minimum atomic E-state index is -4.47. The van der Waals surface area contributed by atoms with Gasteiger partial charge in [0.05, 0.1) is 71.9 Å². The zero-order valence-electron chi connectivity index (χ0n) is 67.9. The van der Waals surface area contributed by atoms with Crippen LogP contribution in [0.2, 0.25) is 0 Å². The van der Waals surface area contributed by atoms with Crippen molar-refractivity contribution in [3.63, 3.8) is 0 Å². The van der Waals surface area contributed by atoms with Crippen LogP contribution in [0.5, 0.6) is 0 Å². The van der Waals surface area contributed by atoms with E-state index >= 15 is 0 Å². The van der Waals surface area contributed by atoms with Crippen LogP contribution in [-0.2, 0) is 32.1 Å². The molecule has 0 fully saturated rings. The molecule has 4 nitrogen and oxygen atoms in total. The van der Waals surface area contributed by atoms with E-state index in [1.54, 1.807) is 36.4 Å². The molecule has 12 aromatic rings. The number of pyridine rings is 4. The van der Waals surface area contributed by atoms with Gasteiger partial charge in [0.25, 0.3) is 0 Å². The Labute approximate surface area is 661 Å². The summed E-state index contributed by atoms with van der Waals surface area (Å²) in [5.74, 6) is -1.04. The molecule has 0 aliphatic carbocycles. The second kappa shape index (κ2) is 33.1. The van der Waals surface area contributed by atoms with E-state index in [2.05, 4.69) is 21.0 Å². The summed E-state index contributed by atoms with van der Waals surface area (Å²) in [5.41, 5.74) is 9.52. The highest BCUT2D eigenvalue weighted by atomic mass is 19.4. The molecule has 0 amide bonds. The summed E-state index contributed by atoms with van der Waals surface area (Å²) in [6, 6.07) is 49.7. The van der Waals surface area contributed by atoms with Gasteiger partial charge >= 0.3 is 30.9 Å². The topological polar surface area (TPSA) is 51.6 Å².